The molecule has 0 amide bonds. The third-order valence-electron chi connectivity index (χ3n) is 3.93. The number of hydrogen-bond donors (Lipinski definition) is 2. The van der Waals surface area contributed by atoms with Gasteiger partial charge in [0.2, 0.25) is 0 Å². The number of aliphatic hydroxyl groups excluding tert-OH is 2. The van der Waals surface area contributed by atoms with Crippen LogP contribution in [0.3, 0.4) is 0 Å². The molecule has 136 valence electrons. The van der Waals surface area contributed by atoms with Gasteiger partial charge in [0.15, 0.2) is 18.5 Å². The van der Waals surface area contributed by atoms with Gasteiger partial charge in [-0.1, -0.05) is 36.4 Å². The molecule has 0 spiro atoms. The number of ether oxygens (including phenoxy) is 3. The summed E-state index contributed by atoms with van der Waals surface area (Å²) in [5.41, 5.74) is 0.529. The van der Waals surface area contributed by atoms with E-state index in [-0.39, 0.29) is 17.7 Å². The smallest absolute Gasteiger partial charge is 0.338 e. The van der Waals surface area contributed by atoms with Crippen molar-refractivity contribution in [3.63, 3.8) is 0 Å². The molecule has 1 aliphatic rings. The average molecular weight is 358 g/mol. The second-order valence-electron chi connectivity index (χ2n) is 5.76. The van der Waals surface area contributed by atoms with Crippen LogP contribution >= 0.6 is 0 Å². The van der Waals surface area contributed by atoms with Crippen LogP contribution in [-0.4, -0.2) is 53.4 Å². The van der Waals surface area contributed by atoms with Crippen molar-refractivity contribution in [2.75, 3.05) is 6.61 Å². The Morgan fingerprint density at radius 3 is 1.77 bits per heavy atom. The second-order valence-corrected chi connectivity index (χ2v) is 5.76. The van der Waals surface area contributed by atoms with Gasteiger partial charge in [-0.15, -0.1) is 0 Å². The number of esters is 2. The quantitative estimate of drug-likeness (QED) is 0.790. The number of carbonyl (C=O) groups excluding carboxylic acids is 2. The molecule has 0 bridgehead atoms. The van der Waals surface area contributed by atoms with Crippen LogP contribution in [0.2, 0.25) is 0 Å². The largest absolute Gasteiger partial charge is 0.452 e. The number of carbonyl (C=O) groups is 2. The maximum atomic E-state index is 12.3. The molecular formula is C19H18O7. The second kappa shape index (κ2) is 8.09. The minimum atomic E-state index is -1.53. The lowest BCUT2D eigenvalue weighted by Gasteiger charge is -2.37. The van der Waals surface area contributed by atoms with Crippen LogP contribution in [0.25, 0.3) is 0 Å². The fraction of sp³-hybridized carbons (Fsp3) is 0.263. The van der Waals surface area contributed by atoms with E-state index < -0.39 is 36.5 Å². The van der Waals surface area contributed by atoms with Gasteiger partial charge < -0.3 is 24.4 Å². The molecule has 4 atom stereocenters. The SMILES string of the molecule is O=C(O[C@@H]1[C@H](OC(=O)c2ccccc2)[C@@H](O)CO[C@@H]1O)c1ccccc1. The monoisotopic (exact) mass is 358 g/mol. The lowest BCUT2D eigenvalue weighted by molar-refractivity contribution is -0.251. The first-order valence-corrected chi connectivity index (χ1v) is 8.06. The Kier molecular flexibility index (Phi) is 5.62. The summed E-state index contributed by atoms with van der Waals surface area (Å²) in [6.45, 7) is -0.257. The maximum absolute atomic E-state index is 12.3. The predicted molar refractivity (Wildman–Crippen MR) is 89.3 cm³/mol. The van der Waals surface area contributed by atoms with Gasteiger partial charge in [0.1, 0.15) is 6.10 Å². The number of benzene rings is 2. The molecule has 7 nitrogen and oxygen atoms in total. The fourth-order valence-corrected chi connectivity index (χ4v) is 2.57. The van der Waals surface area contributed by atoms with Crippen LogP contribution in [0.1, 0.15) is 20.7 Å². The van der Waals surface area contributed by atoms with Gasteiger partial charge >= 0.3 is 11.9 Å². The first kappa shape index (κ1) is 18.1. The Morgan fingerprint density at radius 2 is 1.27 bits per heavy atom. The van der Waals surface area contributed by atoms with Gasteiger partial charge in [0.05, 0.1) is 17.7 Å². The van der Waals surface area contributed by atoms with Gasteiger partial charge in [0.25, 0.3) is 0 Å². The predicted octanol–water partition coefficient (Wildman–Crippen LogP) is 1.15. The molecule has 0 aliphatic carbocycles. The fourth-order valence-electron chi connectivity index (χ4n) is 2.57. The van der Waals surface area contributed by atoms with E-state index in [4.69, 9.17) is 14.2 Å². The number of hydrogen-bond acceptors (Lipinski definition) is 7. The summed E-state index contributed by atoms with van der Waals surface area (Å²) in [6.07, 6.45) is -5.41. The summed E-state index contributed by atoms with van der Waals surface area (Å²) in [6, 6.07) is 16.3. The van der Waals surface area contributed by atoms with E-state index in [1.807, 2.05) is 0 Å². The zero-order valence-electron chi connectivity index (χ0n) is 13.7. The summed E-state index contributed by atoms with van der Waals surface area (Å²) >= 11 is 0. The highest BCUT2D eigenvalue weighted by molar-refractivity contribution is 5.90. The van der Waals surface area contributed by atoms with Crippen molar-refractivity contribution < 1.29 is 34.0 Å². The van der Waals surface area contributed by atoms with Crippen molar-refractivity contribution in [2.24, 2.45) is 0 Å². The van der Waals surface area contributed by atoms with Gasteiger partial charge in [-0.25, -0.2) is 9.59 Å². The topological polar surface area (TPSA) is 102 Å². The van der Waals surface area contributed by atoms with Crippen molar-refractivity contribution in [3.8, 4) is 0 Å². The van der Waals surface area contributed by atoms with E-state index in [0.29, 0.717) is 0 Å². The Hall–Kier alpha value is -2.74. The average Bonchev–Trinajstić information content (AvgIpc) is 2.68. The van der Waals surface area contributed by atoms with Crippen LogP contribution in [-0.2, 0) is 14.2 Å². The standard InChI is InChI=1S/C19H18O7/c20-14-11-24-19(23)16(26-18(22)13-9-5-2-6-10-13)15(14)25-17(21)12-7-3-1-4-8-12/h1-10,14-16,19-20,23H,11H2/t14-,15+,16+,19-/m0/s1. The van der Waals surface area contributed by atoms with Crippen molar-refractivity contribution in [1.29, 1.82) is 0 Å². The molecule has 26 heavy (non-hydrogen) atoms. The first-order chi connectivity index (χ1) is 12.6. The molecule has 0 aromatic heterocycles. The van der Waals surface area contributed by atoms with Gasteiger partial charge in [-0.2, -0.15) is 0 Å². The molecule has 1 fully saturated rings. The van der Waals surface area contributed by atoms with Gasteiger partial charge in [0, 0.05) is 0 Å². The summed E-state index contributed by atoms with van der Waals surface area (Å²) < 4.78 is 15.6. The van der Waals surface area contributed by atoms with E-state index in [1.165, 1.54) is 0 Å². The minimum absolute atomic E-state index is 0.257. The lowest BCUT2D eigenvalue weighted by Crippen LogP contribution is -2.56. The van der Waals surface area contributed by atoms with E-state index >= 15 is 0 Å². The minimum Gasteiger partial charge on any atom is -0.452 e. The molecule has 2 N–H and O–H groups in total. The van der Waals surface area contributed by atoms with Crippen molar-refractivity contribution in [3.05, 3.63) is 71.8 Å². The Labute approximate surface area is 149 Å². The summed E-state index contributed by atoms with van der Waals surface area (Å²) in [5, 5.41) is 20.2. The lowest BCUT2D eigenvalue weighted by atomic mass is 10.0. The van der Waals surface area contributed by atoms with Gasteiger partial charge in [-0.05, 0) is 24.3 Å². The molecule has 7 heteroatoms. The van der Waals surface area contributed by atoms with E-state index in [2.05, 4.69) is 0 Å². The van der Waals surface area contributed by atoms with Crippen molar-refractivity contribution in [1.82, 2.24) is 0 Å². The summed E-state index contributed by atoms with van der Waals surface area (Å²) in [5.74, 6) is -1.43. The molecule has 1 saturated heterocycles. The summed E-state index contributed by atoms with van der Waals surface area (Å²) in [4.78, 5) is 24.5. The first-order valence-electron chi connectivity index (χ1n) is 8.06. The van der Waals surface area contributed by atoms with Crippen LogP contribution < -0.4 is 0 Å². The van der Waals surface area contributed by atoms with E-state index in [9.17, 15) is 19.8 Å². The van der Waals surface area contributed by atoms with E-state index in [1.54, 1.807) is 60.7 Å². The molecule has 3 rings (SSSR count). The van der Waals surface area contributed by atoms with Crippen molar-refractivity contribution in [2.45, 2.75) is 24.6 Å². The Morgan fingerprint density at radius 1 is 0.808 bits per heavy atom. The maximum Gasteiger partial charge on any atom is 0.338 e. The molecule has 1 heterocycles. The van der Waals surface area contributed by atoms with Crippen LogP contribution in [0.4, 0.5) is 0 Å². The highest BCUT2D eigenvalue weighted by atomic mass is 16.7. The van der Waals surface area contributed by atoms with E-state index in [0.717, 1.165) is 0 Å². The van der Waals surface area contributed by atoms with Crippen LogP contribution in [0.15, 0.2) is 60.7 Å². The number of aliphatic hydroxyl groups is 2. The highest BCUT2D eigenvalue weighted by Gasteiger charge is 2.44. The van der Waals surface area contributed by atoms with Gasteiger partial charge in [-0.3, -0.25) is 0 Å². The molecule has 0 radical (unpaired) electrons. The third-order valence-corrected chi connectivity index (χ3v) is 3.93. The number of rotatable bonds is 4. The molecule has 0 saturated carbocycles. The normalized spacial score (nSPS) is 25.3. The van der Waals surface area contributed by atoms with Crippen LogP contribution in [0.5, 0.6) is 0 Å². The molecule has 0 unspecified atom stereocenters. The molecular weight excluding hydrogens is 340 g/mol. The molecule has 1 aliphatic heterocycles. The zero-order valence-corrected chi connectivity index (χ0v) is 13.7. The Bertz CT molecular complexity index is 681. The van der Waals surface area contributed by atoms with Crippen LogP contribution in [0, 0.1) is 0 Å². The molecule has 2 aromatic rings. The Balaban J connectivity index is 1.76. The highest BCUT2D eigenvalue weighted by Crippen LogP contribution is 2.23. The molecule has 2 aromatic carbocycles. The third kappa shape index (κ3) is 4.08. The summed E-state index contributed by atoms with van der Waals surface area (Å²) in [7, 11) is 0. The zero-order chi connectivity index (χ0) is 18.5. The van der Waals surface area contributed by atoms with Crippen molar-refractivity contribution >= 4 is 11.9 Å².